The number of nitrogens with two attached hydrogens (primary N) is 1. The van der Waals surface area contributed by atoms with Crippen LogP contribution in [-0.2, 0) is 13.0 Å². The minimum atomic E-state index is -0.569. The molecule has 2 amide bonds. The fourth-order valence-corrected chi connectivity index (χ4v) is 3.44. The van der Waals surface area contributed by atoms with Crippen LogP contribution in [0.25, 0.3) is 11.3 Å². The van der Waals surface area contributed by atoms with E-state index in [9.17, 15) is 9.59 Å². The summed E-state index contributed by atoms with van der Waals surface area (Å²) in [6.07, 6.45) is 5.83. The Kier molecular flexibility index (Phi) is 5.05. The molecular weight excluding hydrogens is 380 g/mol. The van der Waals surface area contributed by atoms with Gasteiger partial charge in [-0.15, -0.1) is 0 Å². The molecule has 0 saturated heterocycles. The van der Waals surface area contributed by atoms with E-state index in [0.717, 1.165) is 16.8 Å². The van der Waals surface area contributed by atoms with E-state index in [-0.39, 0.29) is 5.91 Å². The lowest BCUT2D eigenvalue weighted by Gasteiger charge is -2.06. The second kappa shape index (κ2) is 7.82. The van der Waals surface area contributed by atoms with Gasteiger partial charge in [-0.25, -0.2) is 9.67 Å². The Morgan fingerprint density at radius 1 is 1.20 bits per heavy atom. The van der Waals surface area contributed by atoms with E-state index in [1.54, 1.807) is 33.6 Å². The number of imidazole rings is 1. The number of pyridine rings is 1. The molecule has 0 fully saturated rings. The molecule has 0 bridgehead atoms. The predicted octanol–water partition coefficient (Wildman–Crippen LogP) is 2.42. The third-order valence-corrected chi connectivity index (χ3v) is 4.89. The summed E-state index contributed by atoms with van der Waals surface area (Å²) in [6, 6.07) is 11.4. The average Bonchev–Trinajstić information content (AvgIpc) is 3.36. The Morgan fingerprint density at radius 3 is 2.77 bits per heavy atom. The average molecular weight is 402 g/mol. The molecule has 3 aromatic heterocycles. The van der Waals surface area contributed by atoms with E-state index in [2.05, 4.69) is 15.4 Å². The summed E-state index contributed by atoms with van der Waals surface area (Å²) in [4.78, 5) is 29.1. The van der Waals surface area contributed by atoms with Crippen LogP contribution >= 0.6 is 0 Å². The monoisotopic (exact) mass is 402 g/mol. The van der Waals surface area contributed by atoms with Crippen LogP contribution in [0.5, 0.6) is 0 Å². The summed E-state index contributed by atoms with van der Waals surface area (Å²) in [7, 11) is 0. The van der Waals surface area contributed by atoms with Gasteiger partial charge in [-0.1, -0.05) is 19.1 Å². The molecule has 4 aromatic rings. The SMILES string of the molecule is CCc1nc2c(C(=O)NCc3cnn(-c4cccc(C)c4)c3)cccn2c1C(N)=O. The van der Waals surface area contributed by atoms with E-state index >= 15 is 0 Å². The number of hydrogen-bond donors (Lipinski definition) is 2. The van der Waals surface area contributed by atoms with E-state index in [4.69, 9.17) is 5.73 Å². The highest BCUT2D eigenvalue weighted by Crippen LogP contribution is 2.17. The van der Waals surface area contributed by atoms with Gasteiger partial charge in [0.15, 0.2) is 5.65 Å². The Bertz CT molecular complexity index is 1250. The van der Waals surface area contributed by atoms with Crippen molar-refractivity contribution in [3.8, 4) is 5.69 Å². The standard InChI is InChI=1S/C22H22N6O2/c1-3-18-19(20(23)29)27-9-5-8-17(21(27)26-18)22(30)24-11-15-12-25-28(13-15)16-7-4-6-14(2)10-16/h4-10,12-13H,3,11H2,1-2H3,(H2,23,29)(H,24,30). The van der Waals surface area contributed by atoms with Crippen molar-refractivity contribution < 1.29 is 9.59 Å². The number of nitrogens with one attached hydrogen (secondary N) is 1. The molecule has 0 unspecified atom stereocenters. The van der Waals surface area contributed by atoms with Crippen LogP contribution in [0.15, 0.2) is 55.0 Å². The van der Waals surface area contributed by atoms with Crippen molar-refractivity contribution in [2.24, 2.45) is 5.73 Å². The molecule has 30 heavy (non-hydrogen) atoms. The Hall–Kier alpha value is -3.94. The first-order chi connectivity index (χ1) is 14.5. The van der Waals surface area contributed by atoms with Crippen molar-refractivity contribution in [3.05, 3.63) is 83.1 Å². The minimum absolute atomic E-state index is 0.285. The second-order valence-electron chi connectivity index (χ2n) is 7.06. The lowest BCUT2D eigenvalue weighted by Crippen LogP contribution is -2.23. The smallest absolute Gasteiger partial charge is 0.267 e. The maximum absolute atomic E-state index is 12.8. The highest BCUT2D eigenvalue weighted by molar-refractivity contribution is 6.01. The van der Waals surface area contributed by atoms with Gasteiger partial charge < -0.3 is 11.1 Å². The third-order valence-electron chi connectivity index (χ3n) is 4.89. The first kappa shape index (κ1) is 19.4. The van der Waals surface area contributed by atoms with Crippen molar-refractivity contribution in [2.75, 3.05) is 0 Å². The maximum Gasteiger partial charge on any atom is 0.267 e. The Morgan fingerprint density at radius 2 is 2.03 bits per heavy atom. The van der Waals surface area contributed by atoms with Gasteiger partial charge in [-0.2, -0.15) is 5.10 Å². The summed E-state index contributed by atoms with van der Waals surface area (Å²) in [6.45, 7) is 4.23. The highest BCUT2D eigenvalue weighted by Gasteiger charge is 2.20. The van der Waals surface area contributed by atoms with Gasteiger partial charge >= 0.3 is 0 Å². The van der Waals surface area contributed by atoms with Crippen LogP contribution in [0.1, 0.15) is 44.6 Å². The van der Waals surface area contributed by atoms with Gasteiger partial charge in [-0.05, 0) is 43.2 Å². The van der Waals surface area contributed by atoms with Gasteiger partial charge in [0.25, 0.3) is 11.8 Å². The number of rotatable bonds is 6. The predicted molar refractivity (Wildman–Crippen MR) is 113 cm³/mol. The van der Waals surface area contributed by atoms with Crippen molar-refractivity contribution in [3.63, 3.8) is 0 Å². The Balaban J connectivity index is 1.55. The van der Waals surface area contributed by atoms with Gasteiger partial charge in [0.2, 0.25) is 0 Å². The second-order valence-corrected chi connectivity index (χ2v) is 7.06. The molecule has 0 aliphatic heterocycles. The molecule has 0 saturated carbocycles. The number of carbonyl (C=O) groups is 2. The van der Waals surface area contributed by atoms with Crippen LogP contribution in [0, 0.1) is 6.92 Å². The molecule has 0 atom stereocenters. The molecule has 0 aliphatic rings. The summed E-state index contributed by atoms with van der Waals surface area (Å²) < 4.78 is 3.35. The zero-order valence-electron chi connectivity index (χ0n) is 16.8. The molecule has 3 N–H and O–H groups in total. The van der Waals surface area contributed by atoms with E-state index in [1.807, 2.05) is 44.3 Å². The fourth-order valence-electron chi connectivity index (χ4n) is 3.44. The molecule has 0 spiro atoms. The number of aromatic nitrogens is 4. The normalized spacial score (nSPS) is 11.0. The minimum Gasteiger partial charge on any atom is -0.364 e. The van der Waals surface area contributed by atoms with Crippen LogP contribution in [0.2, 0.25) is 0 Å². The maximum atomic E-state index is 12.8. The van der Waals surface area contributed by atoms with E-state index < -0.39 is 5.91 Å². The molecule has 1 aromatic carbocycles. The quantitative estimate of drug-likeness (QED) is 0.516. The van der Waals surface area contributed by atoms with Gasteiger partial charge in [0, 0.05) is 24.5 Å². The molecule has 0 radical (unpaired) electrons. The summed E-state index contributed by atoms with van der Waals surface area (Å²) >= 11 is 0. The van der Waals surface area contributed by atoms with Gasteiger partial charge in [-0.3, -0.25) is 14.0 Å². The number of amides is 2. The molecule has 8 nitrogen and oxygen atoms in total. The summed E-state index contributed by atoms with van der Waals surface area (Å²) in [5, 5.41) is 7.27. The Labute approximate surface area is 173 Å². The fraction of sp³-hybridized carbons (Fsp3) is 0.182. The first-order valence-corrected chi connectivity index (χ1v) is 9.66. The third kappa shape index (κ3) is 3.55. The highest BCUT2D eigenvalue weighted by atomic mass is 16.2. The van der Waals surface area contributed by atoms with Gasteiger partial charge in [0.1, 0.15) is 5.69 Å². The number of hydrogen-bond acceptors (Lipinski definition) is 4. The molecule has 8 heteroatoms. The van der Waals surface area contributed by atoms with Gasteiger partial charge in [0.05, 0.1) is 23.1 Å². The number of carbonyl (C=O) groups excluding carboxylic acids is 2. The van der Waals surface area contributed by atoms with Crippen LogP contribution in [0.3, 0.4) is 0 Å². The molecular formula is C22H22N6O2. The molecule has 3 heterocycles. The topological polar surface area (TPSA) is 107 Å². The summed E-state index contributed by atoms with van der Waals surface area (Å²) in [5.74, 6) is -0.854. The lowest BCUT2D eigenvalue weighted by atomic mass is 10.2. The number of fused-ring (bicyclic) bond motifs is 1. The zero-order chi connectivity index (χ0) is 21.3. The van der Waals surface area contributed by atoms with E-state index in [1.165, 1.54) is 0 Å². The number of primary amides is 1. The van der Waals surface area contributed by atoms with Crippen molar-refractivity contribution >= 4 is 17.5 Å². The van der Waals surface area contributed by atoms with Crippen LogP contribution in [0.4, 0.5) is 0 Å². The van der Waals surface area contributed by atoms with Crippen molar-refractivity contribution in [1.29, 1.82) is 0 Å². The lowest BCUT2D eigenvalue weighted by molar-refractivity contribution is 0.0949. The van der Waals surface area contributed by atoms with E-state index in [0.29, 0.717) is 35.6 Å². The van der Waals surface area contributed by atoms with Crippen LogP contribution in [-0.4, -0.2) is 31.0 Å². The van der Waals surface area contributed by atoms with Crippen molar-refractivity contribution in [2.45, 2.75) is 26.8 Å². The number of benzene rings is 1. The van der Waals surface area contributed by atoms with Crippen molar-refractivity contribution in [1.82, 2.24) is 24.5 Å². The summed E-state index contributed by atoms with van der Waals surface area (Å²) in [5.41, 5.74) is 10.2. The molecule has 0 aliphatic carbocycles. The number of nitrogens with zero attached hydrogens (tertiary/aromatic N) is 4. The first-order valence-electron chi connectivity index (χ1n) is 9.66. The molecule has 4 rings (SSSR count). The zero-order valence-corrected chi connectivity index (χ0v) is 16.8. The van der Waals surface area contributed by atoms with Crippen LogP contribution < -0.4 is 11.1 Å². The largest absolute Gasteiger partial charge is 0.364 e. The molecule has 152 valence electrons. The number of aryl methyl sites for hydroxylation is 2.